The summed E-state index contributed by atoms with van der Waals surface area (Å²) in [6.07, 6.45) is 1.80. The van der Waals surface area contributed by atoms with Crippen molar-refractivity contribution in [2.24, 2.45) is 0 Å². The average molecular weight is 325 g/mol. The molecule has 0 radical (unpaired) electrons. The maximum Gasteiger partial charge on any atom is 0.171 e. The van der Waals surface area contributed by atoms with E-state index in [0.29, 0.717) is 16.7 Å². The van der Waals surface area contributed by atoms with Crippen LogP contribution < -0.4 is 15.4 Å². The molecule has 1 aromatic carbocycles. The van der Waals surface area contributed by atoms with Crippen molar-refractivity contribution >= 4 is 34.6 Å². The van der Waals surface area contributed by atoms with E-state index in [9.17, 15) is 0 Å². The normalized spacial score (nSPS) is 10.2. The fourth-order valence-corrected chi connectivity index (χ4v) is 2.20. The van der Waals surface area contributed by atoms with Crippen LogP contribution in [0.25, 0.3) is 0 Å². The van der Waals surface area contributed by atoms with E-state index in [0.717, 1.165) is 23.7 Å². The van der Waals surface area contributed by atoms with Crippen LogP contribution in [0.15, 0.2) is 30.5 Å². The molecule has 7 heteroatoms. The molecule has 2 rings (SSSR count). The molecule has 0 bridgehead atoms. The van der Waals surface area contributed by atoms with Gasteiger partial charge < -0.3 is 15.4 Å². The minimum Gasteiger partial charge on any atom is -0.495 e. The van der Waals surface area contributed by atoms with Crippen molar-refractivity contribution < 1.29 is 4.74 Å². The van der Waals surface area contributed by atoms with Gasteiger partial charge in [0.15, 0.2) is 5.11 Å². The number of ether oxygens (including phenoxy) is 1. The second-order valence-electron chi connectivity index (χ2n) is 4.29. The molecule has 0 spiro atoms. The fourth-order valence-electron chi connectivity index (χ4n) is 1.80. The molecule has 0 fully saturated rings. The lowest BCUT2D eigenvalue weighted by Gasteiger charge is -2.12. The highest BCUT2D eigenvalue weighted by molar-refractivity contribution is 7.80. The molecule has 0 aliphatic rings. The second-order valence-corrected chi connectivity index (χ2v) is 5.10. The third kappa shape index (κ3) is 4.09. The maximum absolute atomic E-state index is 6.11. The number of hydrogen-bond acceptors (Lipinski definition) is 3. The number of hydrogen-bond donors (Lipinski definition) is 2. The van der Waals surface area contributed by atoms with E-state index in [2.05, 4.69) is 15.7 Å². The SMILES string of the molecule is CCn1cc(Cl)c(CNC(=S)Nc2ccccc2OC)n1. The molecule has 1 heterocycles. The van der Waals surface area contributed by atoms with Crippen LogP contribution in [0.3, 0.4) is 0 Å². The predicted octanol–water partition coefficient (Wildman–Crippen LogP) is 3.05. The van der Waals surface area contributed by atoms with Gasteiger partial charge in [-0.3, -0.25) is 4.68 Å². The summed E-state index contributed by atoms with van der Waals surface area (Å²) in [6.45, 7) is 3.25. The first kappa shape index (κ1) is 15.6. The molecule has 1 aromatic heterocycles. The first-order valence-corrected chi connectivity index (χ1v) is 7.32. The smallest absolute Gasteiger partial charge is 0.171 e. The van der Waals surface area contributed by atoms with Gasteiger partial charge in [0, 0.05) is 12.7 Å². The Morgan fingerprint density at radius 3 is 2.86 bits per heavy atom. The van der Waals surface area contributed by atoms with Gasteiger partial charge in [-0.05, 0) is 31.3 Å². The third-order valence-electron chi connectivity index (χ3n) is 2.88. The summed E-state index contributed by atoms with van der Waals surface area (Å²) in [5.74, 6) is 0.731. The fraction of sp³-hybridized carbons (Fsp3) is 0.286. The number of nitrogens with one attached hydrogen (secondary N) is 2. The van der Waals surface area contributed by atoms with E-state index in [1.165, 1.54) is 0 Å². The molecule has 112 valence electrons. The number of thiocarbonyl (C=S) groups is 1. The molecule has 0 atom stereocenters. The number of para-hydroxylation sites is 2. The van der Waals surface area contributed by atoms with E-state index in [-0.39, 0.29) is 0 Å². The Balaban J connectivity index is 1.94. The highest BCUT2D eigenvalue weighted by Gasteiger charge is 2.08. The van der Waals surface area contributed by atoms with E-state index in [1.807, 2.05) is 31.2 Å². The number of rotatable bonds is 5. The van der Waals surface area contributed by atoms with E-state index in [1.54, 1.807) is 18.0 Å². The molecule has 5 nitrogen and oxygen atoms in total. The highest BCUT2D eigenvalue weighted by Crippen LogP contribution is 2.22. The van der Waals surface area contributed by atoms with Crippen LogP contribution >= 0.6 is 23.8 Å². The van der Waals surface area contributed by atoms with Gasteiger partial charge in [0.05, 0.1) is 24.4 Å². The van der Waals surface area contributed by atoms with Crippen LogP contribution in [0.1, 0.15) is 12.6 Å². The Bertz CT molecular complexity index is 629. The summed E-state index contributed by atoms with van der Waals surface area (Å²) >= 11 is 11.4. The predicted molar refractivity (Wildman–Crippen MR) is 89.0 cm³/mol. The largest absolute Gasteiger partial charge is 0.495 e. The number of benzene rings is 1. The number of aromatic nitrogens is 2. The van der Waals surface area contributed by atoms with Gasteiger partial charge in [-0.1, -0.05) is 23.7 Å². The number of methoxy groups -OCH3 is 1. The first-order chi connectivity index (χ1) is 10.1. The summed E-state index contributed by atoms with van der Waals surface area (Å²) in [5, 5.41) is 11.6. The number of anilines is 1. The van der Waals surface area contributed by atoms with Crippen LogP contribution in [0.4, 0.5) is 5.69 Å². The summed E-state index contributed by atoms with van der Waals surface area (Å²) in [6, 6.07) is 7.57. The highest BCUT2D eigenvalue weighted by atomic mass is 35.5. The zero-order valence-electron chi connectivity index (χ0n) is 11.9. The molecule has 0 saturated heterocycles. The lowest BCUT2D eigenvalue weighted by atomic mass is 10.3. The standard InChI is InChI=1S/C14H17ClN4OS/c1-3-19-9-10(15)12(18-19)8-16-14(21)17-11-6-4-5-7-13(11)20-2/h4-7,9H,3,8H2,1-2H3,(H2,16,17,21). The van der Waals surface area contributed by atoms with Gasteiger partial charge in [0.25, 0.3) is 0 Å². The van der Waals surface area contributed by atoms with Crippen LogP contribution in [0, 0.1) is 0 Å². The van der Waals surface area contributed by atoms with Gasteiger partial charge in [-0.2, -0.15) is 5.10 Å². The molecule has 0 unspecified atom stereocenters. The monoisotopic (exact) mass is 324 g/mol. The van der Waals surface area contributed by atoms with Crippen molar-refractivity contribution in [3.05, 3.63) is 41.2 Å². The molecular formula is C14H17ClN4OS. The number of halogens is 1. The Hall–Kier alpha value is -1.79. The molecule has 0 aliphatic heterocycles. The maximum atomic E-state index is 6.11. The quantitative estimate of drug-likeness (QED) is 0.828. The summed E-state index contributed by atoms with van der Waals surface area (Å²) in [4.78, 5) is 0. The van der Waals surface area contributed by atoms with Crippen LogP contribution in [0.5, 0.6) is 5.75 Å². The molecule has 0 saturated carbocycles. The lowest BCUT2D eigenvalue weighted by Crippen LogP contribution is -2.28. The summed E-state index contributed by atoms with van der Waals surface area (Å²) in [5.41, 5.74) is 1.57. The van der Waals surface area contributed by atoms with Gasteiger partial charge in [0.1, 0.15) is 11.4 Å². The summed E-state index contributed by atoms with van der Waals surface area (Å²) in [7, 11) is 1.62. The first-order valence-electron chi connectivity index (χ1n) is 6.53. The van der Waals surface area contributed by atoms with E-state index < -0.39 is 0 Å². The minimum atomic E-state index is 0.465. The molecule has 21 heavy (non-hydrogen) atoms. The summed E-state index contributed by atoms with van der Waals surface area (Å²) < 4.78 is 7.05. The van der Waals surface area contributed by atoms with Crippen LogP contribution in [-0.4, -0.2) is 22.0 Å². The Kier molecular flexibility index (Phi) is 5.41. The minimum absolute atomic E-state index is 0.465. The van der Waals surface area contributed by atoms with Crippen molar-refractivity contribution in [1.82, 2.24) is 15.1 Å². The van der Waals surface area contributed by atoms with Crippen molar-refractivity contribution in [3.8, 4) is 5.75 Å². The van der Waals surface area contributed by atoms with E-state index in [4.69, 9.17) is 28.6 Å². The van der Waals surface area contributed by atoms with Crippen molar-refractivity contribution in [3.63, 3.8) is 0 Å². The Labute approximate surface area is 134 Å². The van der Waals surface area contributed by atoms with Crippen molar-refractivity contribution in [1.29, 1.82) is 0 Å². The zero-order chi connectivity index (χ0) is 15.2. The number of aryl methyl sites for hydroxylation is 1. The molecule has 2 aromatic rings. The topological polar surface area (TPSA) is 51.1 Å². The molecular weight excluding hydrogens is 308 g/mol. The van der Waals surface area contributed by atoms with Crippen LogP contribution in [0.2, 0.25) is 5.02 Å². The van der Waals surface area contributed by atoms with Gasteiger partial charge in [-0.25, -0.2) is 0 Å². The van der Waals surface area contributed by atoms with E-state index >= 15 is 0 Å². The Morgan fingerprint density at radius 2 is 2.19 bits per heavy atom. The lowest BCUT2D eigenvalue weighted by molar-refractivity contribution is 0.417. The van der Waals surface area contributed by atoms with Gasteiger partial charge >= 0.3 is 0 Å². The Morgan fingerprint density at radius 1 is 1.43 bits per heavy atom. The third-order valence-corrected chi connectivity index (χ3v) is 3.44. The van der Waals surface area contributed by atoms with Gasteiger partial charge in [-0.15, -0.1) is 0 Å². The van der Waals surface area contributed by atoms with Crippen LogP contribution in [-0.2, 0) is 13.1 Å². The molecule has 0 aliphatic carbocycles. The molecule has 0 amide bonds. The van der Waals surface area contributed by atoms with Crippen molar-refractivity contribution in [2.75, 3.05) is 12.4 Å². The van der Waals surface area contributed by atoms with Gasteiger partial charge in [0.2, 0.25) is 0 Å². The number of nitrogens with zero attached hydrogens (tertiary/aromatic N) is 2. The average Bonchev–Trinajstić information content (AvgIpc) is 2.86. The zero-order valence-corrected chi connectivity index (χ0v) is 13.5. The van der Waals surface area contributed by atoms with Crippen molar-refractivity contribution in [2.45, 2.75) is 20.0 Å². The second kappa shape index (κ2) is 7.28. The molecule has 2 N–H and O–H groups in total.